The van der Waals surface area contributed by atoms with Gasteiger partial charge in [-0.2, -0.15) is 0 Å². The number of halogens is 2. The van der Waals surface area contributed by atoms with Crippen LogP contribution in [0.25, 0.3) is 6.08 Å². The fraction of sp³-hybridized carbons (Fsp3) is 0.217. The van der Waals surface area contributed by atoms with Crippen LogP contribution in [-0.2, 0) is 20.9 Å². The maximum Gasteiger partial charge on any atom is 0.255 e. The molecule has 2 N–H and O–H groups in total. The Bertz CT molecular complexity index is 1270. The number of hydrogen-bond acceptors (Lipinski definition) is 5. The lowest BCUT2D eigenvalue weighted by Crippen LogP contribution is -2.52. The van der Waals surface area contributed by atoms with Crippen molar-refractivity contribution < 1.29 is 23.9 Å². The summed E-state index contributed by atoms with van der Waals surface area (Å²) in [5, 5.41) is 5.15. The Balaban J connectivity index is 1.33. The van der Waals surface area contributed by atoms with Crippen LogP contribution in [0.1, 0.15) is 34.3 Å². The Morgan fingerprint density at radius 1 is 1.15 bits per heavy atom. The van der Waals surface area contributed by atoms with Crippen molar-refractivity contribution >= 4 is 67.3 Å². The van der Waals surface area contributed by atoms with E-state index in [1.54, 1.807) is 24.3 Å². The number of piperidine rings is 1. The van der Waals surface area contributed by atoms with Gasteiger partial charge >= 0.3 is 0 Å². The second-order valence-corrected chi connectivity index (χ2v) is 9.76. The van der Waals surface area contributed by atoms with Crippen molar-refractivity contribution in [2.24, 2.45) is 0 Å². The molecule has 10 heteroatoms. The molecule has 1 atom stereocenters. The summed E-state index contributed by atoms with van der Waals surface area (Å²) in [5.41, 5.74) is 3.00. The molecule has 2 aromatic carbocycles. The number of amides is 4. The summed E-state index contributed by atoms with van der Waals surface area (Å²) in [6.45, 7) is 0.372. The molecule has 1 unspecified atom stereocenters. The first kappa shape index (κ1) is 21.8. The lowest BCUT2D eigenvalue weighted by Gasteiger charge is -2.29. The van der Waals surface area contributed by atoms with Gasteiger partial charge in [0.2, 0.25) is 11.8 Å². The summed E-state index contributed by atoms with van der Waals surface area (Å²) in [5.74, 6) is -0.659. The van der Waals surface area contributed by atoms with Gasteiger partial charge in [0.25, 0.3) is 11.8 Å². The molecule has 0 saturated carbocycles. The molecule has 3 aliphatic rings. The van der Waals surface area contributed by atoms with E-state index in [-0.39, 0.29) is 37.3 Å². The third-order valence-electron chi connectivity index (χ3n) is 5.81. The number of rotatable bonds is 3. The highest BCUT2D eigenvalue weighted by molar-refractivity contribution is 9.11. The number of nitrogens with zero attached hydrogens (tertiary/aromatic N) is 1. The number of ether oxygens (including phenoxy) is 1. The Morgan fingerprint density at radius 3 is 2.76 bits per heavy atom. The number of hydrogen-bond donors (Lipinski definition) is 2. The van der Waals surface area contributed by atoms with E-state index in [0.29, 0.717) is 29.0 Å². The topological polar surface area (TPSA) is 105 Å². The van der Waals surface area contributed by atoms with E-state index < -0.39 is 11.9 Å². The first-order valence-corrected chi connectivity index (χ1v) is 11.8. The SMILES string of the molecule is O=C1CCC(N2Cc3cc(NC(=O)C4=Cc5cc(Br)cc(Br)c5OC4)ccc3C2=O)C(=O)N1. The molecule has 4 amide bonds. The summed E-state index contributed by atoms with van der Waals surface area (Å²) in [6, 6.07) is 8.12. The molecular formula is C23H17Br2N3O5. The molecule has 0 radical (unpaired) electrons. The zero-order chi connectivity index (χ0) is 23.3. The van der Waals surface area contributed by atoms with Crippen molar-refractivity contribution in [3.05, 3.63) is 61.5 Å². The first-order valence-electron chi connectivity index (χ1n) is 10.2. The molecule has 0 spiro atoms. The van der Waals surface area contributed by atoms with E-state index in [1.807, 2.05) is 12.1 Å². The van der Waals surface area contributed by atoms with Gasteiger partial charge in [-0.3, -0.25) is 24.5 Å². The highest BCUT2D eigenvalue weighted by Crippen LogP contribution is 2.37. The standard InChI is InChI=1S/C23H17Br2N3O5/c24-14-6-11-5-13(10-33-20(11)17(25)8-14)21(30)26-15-1-2-16-12(7-15)9-28(23(16)32)18-3-4-19(29)27-22(18)31/h1-2,5-8,18H,3-4,9-10H2,(H,26,30)(H,27,29,31). The number of benzene rings is 2. The van der Waals surface area contributed by atoms with Gasteiger partial charge in [-0.1, -0.05) is 15.9 Å². The molecule has 3 aliphatic heterocycles. The highest BCUT2D eigenvalue weighted by Gasteiger charge is 2.39. The van der Waals surface area contributed by atoms with E-state index in [9.17, 15) is 19.2 Å². The third kappa shape index (κ3) is 4.08. The normalized spacial score (nSPS) is 19.3. The highest BCUT2D eigenvalue weighted by atomic mass is 79.9. The van der Waals surface area contributed by atoms with Gasteiger partial charge in [-0.25, -0.2) is 0 Å². The Hall–Kier alpha value is -2.98. The second kappa shape index (κ2) is 8.42. The predicted octanol–water partition coefficient (Wildman–Crippen LogP) is 3.39. The van der Waals surface area contributed by atoms with Gasteiger partial charge in [-0.15, -0.1) is 0 Å². The van der Waals surface area contributed by atoms with Crippen molar-refractivity contribution in [2.45, 2.75) is 25.4 Å². The Morgan fingerprint density at radius 2 is 1.97 bits per heavy atom. The average molecular weight is 575 g/mol. The molecule has 0 aromatic heterocycles. The summed E-state index contributed by atoms with van der Waals surface area (Å²) in [6.07, 6.45) is 2.28. The minimum Gasteiger partial charge on any atom is -0.487 e. The quantitative estimate of drug-likeness (QED) is 0.547. The molecule has 1 fully saturated rings. The van der Waals surface area contributed by atoms with Gasteiger partial charge in [0.15, 0.2) is 0 Å². The minimum atomic E-state index is -0.677. The van der Waals surface area contributed by atoms with E-state index in [1.165, 1.54) is 4.90 Å². The Kier molecular flexibility index (Phi) is 5.57. The fourth-order valence-corrected chi connectivity index (χ4v) is 5.59. The molecule has 168 valence electrons. The number of nitrogens with one attached hydrogen (secondary N) is 2. The zero-order valence-electron chi connectivity index (χ0n) is 17.1. The molecule has 1 saturated heterocycles. The molecule has 2 aromatic rings. The third-order valence-corrected chi connectivity index (χ3v) is 6.86. The number of fused-ring (bicyclic) bond motifs is 2. The maximum atomic E-state index is 12.9. The number of carbonyl (C=O) groups is 4. The van der Waals surface area contributed by atoms with Crippen LogP contribution < -0.4 is 15.4 Å². The Labute approximate surface area is 205 Å². The van der Waals surface area contributed by atoms with Crippen molar-refractivity contribution in [1.29, 1.82) is 0 Å². The van der Waals surface area contributed by atoms with Gasteiger partial charge in [-0.05, 0) is 64.3 Å². The fourth-order valence-electron chi connectivity index (χ4n) is 4.21. The molecule has 5 rings (SSSR count). The van der Waals surface area contributed by atoms with Gasteiger partial charge in [0.1, 0.15) is 18.4 Å². The summed E-state index contributed by atoms with van der Waals surface area (Å²) in [4.78, 5) is 50.8. The van der Waals surface area contributed by atoms with Gasteiger partial charge in [0.05, 0.1) is 10.0 Å². The monoisotopic (exact) mass is 573 g/mol. The lowest BCUT2D eigenvalue weighted by molar-refractivity contribution is -0.136. The van der Waals surface area contributed by atoms with E-state index >= 15 is 0 Å². The van der Waals surface area contributed by atoms with Crippen molar-refractivity contribution in [3.63, 3.8) is 0 Å². The number of carbonyl (C=O) groups excluding carboxylic acids is 4. The van der Waals surface area contributed by atoms with Crippen LogP contribution in [0, 0.1) is 0 Å². The lowest BCUT2D eigenvalue weighted by atomic mass is 10.0. The van der Waals surface area contributed by atoms with E-state index in [0.717, 1.165) is 20.1 Å². The van der Waals surface area contributed by atoms with E-state index in [2.05, 4.69) is 42.5 Å². The zero-order valence-corrected chi connectivity index (χ0v) is 20.3. The van der Waals surface area contributed by atoms with Crippen LogP contribution >= 0.6 is 31.9 Å². The number of imide groups is 1. The van der Waals surface area contributed by atoms with E-state index in [4.69, 9.17) is 4.74 Å². The van der Waals surface area contributed by atoms with Crippen LogP contribution in [0.3, 0.4) is 0 Å². The van der Waals surface area contributed by atoms with Gasteiger partial charge in [0, 0.05) is 34.3 Å². The predicted molar refractivity (Wildman–Crippen MR) is 126 cm³/mol. The number of anilines is 1. The largest absolute Gasteiger partial charge is 0.487 e. The smallest absolute Gasteiger partial charge is 0.255 e. The second-order valence-electron chi connectivity index (χ2n) is 7.99. The van der Waals surface area contributed by atoms with Crippen molar-refractivity contribution in [1.82, 2.24) is 10.2 Å². The molecule has 0 bridgehead atoms. The van der Waals surface area contributed by atoms with Crippen LogP contribution in [0.4, 0.5) is 5.69 Å². The van der Waals surface area contributed by atoms with Crippen LogP contribution in [0.5, 0.6) is 5.75 Å². The van der Waals surface area contributed by atoms with Gasteiger partial charge < -0.3 is 15.0 Å². The molecule has 3 heterocycles. The summed E-state index contributed by atoms with van der Waals surface area (Å²) < 4.78 is 7.41. The van der Waals surface area contributed by atoms with Crippen molar-refractivity contribution in [3.8, 4) is 5.75 Å². The molecule has 8 nitrogen and oxygen atoms in total. The molecule has 0 aliphatic carbocycles. The first-order chi connectivity index (χ1) is 15.8. The molecular weight excluding hydrogens is 558 g/mol. The molecule has 33 heavy (non-hydrogen) atoms. The minimum absolute atomic E-state index is 0.131. The average Bonchev–Trinajstić information content (AvgIpc) is 3.08. The van der Waals surface area contributed by atoms with Crippen LogP contribution in [0.2, 0.25) is 0 Å². The maximum absolute atomic E-state index is 12.9. The summed E-state index contributed by atoms with van der Waals surface area (Å²) in [7, 11) is 0. The van der Waals surface area contributed by atoms with Crippen LogP contribution in [-0.4, -0.2) is 41.2 Å². The van der Waals surface area contributed by atoms with Crippen molar-refractivity contribution in [2.75, 3.05) is 11.9 Å². The van der Waals surface area contributed by atoms with Crippen LogP contribution in [0.15, 0.2) is 44.9 Å². The summed E-state index contributed by atoms with van der Waals surface area (Å²) >= 11 is 6.90.